The first kappa shape index (κ1) is 16.6. The van der Waals surface area contributed by atoms with E-state index >= 15 is 0 Å². The molecule has 1 aliphatic heterocycles. The number of likely N-dealkylation sites (N-methyl/N-ethyl adjacent to an activating group) is 1. The Morgan fingerprint density at radius 3 is 2.62 bits per heavy atom. The third-order valence-electron chi connectivity index (χ3n) is 4.30. The van der Waals surface area contributed by atoms with Gasteiger partial charge in [-0.05, 0) is 25.5 Å². The lowest BCUT2D eigenvalue weighted by molar-refractivity contribution is 0.308. The fourth-order valence-electron chi connectivity index (χ4n) is 3.09. The van der Waals surface area contributed by atoms with Crippen molar-refractivity contribution >= 4 is 11.8 Å². The molecular weight excluding hydrogens is 302 g/mol. The molecule has 128 valence electrons. The van der Waals surface area contributed by atoms with Gasteiger partial charge in [-0.3, -0.25) is 0 Å². The molecule has 7 nitrogen and oxygen atoms in total. The van der Waals surface area contributed by atoms with Crippen LogP contribution in [0.2, 0.25) is 0 Å². The first-order valence-corrected chi connectivity index (χ1v) is 8.30. The van der Waals surface area contributed by atoms with Gasteiger partial charge in [0.1, 0.15) is 12.1 Å². The van der Waals surface area contributed by atoms with E-state index in [4.69, 9.17) is 0 Å². The minimum absolute atomic E-state index is 0.478. The molecule has 0 amide bonds. The molecule has 2 aromatic heterocycles. The zero-order chi connectivity index (χ0) is 16.9. The summed E-state index contributed by atoms with van der Waals surface area (Å²) in [7, 11) is 6.17. The summed E-state index contributed by atoms with van der Waals surface area (Å²) in [6.45, 7) is 3.95. The third kappa shape index (κ3) is 4.17. The van der Waals surface area contributed by atoms with Crippen LogP contribution in [-0.2, 0) is 6.42 Å². The second kappa shape index (κ2) is 7.53. The highest BCUT2D eigenvalue weighted by Gasteiger charge is 2.23. The summed E-state index contributed by atoms with van der Waals surface area (Å²) < 4.78 is 0. The molecule has 3 rings (SSSR count). The summed E-state index contributed by atoms with van der Waals surface area (Å²) in [5.74, 6) is 2.24. The number of aromatic nitrogens is 4. The minimum atomic E-state index is 0.478. The van der Waals surface area contributed by atoms with Crippen molar-refractivity contribution in [2.45, 2.75) is 6.42 Å². The molecule has 0 aromatic carbocycles. The quantitative estimate of drug-likeness (QED) is 0.828. The maximum Gasteiger partial charge on any atom is 0.225 e. The molecular formula is C17H25N7. The Balaban J connectivity index is 1.74. The van der Waals surface area contributed by atoms with Crippen LogP contribution in [0, 0.1) is 5.92 Å². The van der Waals surface area contributed by atoms with Gasteiger partial charge < -0.3 is 14.7 Å². The molecule has 1 atom stereocenters. The predicted octanol–water partition coefficient (Wildman–Crippen LogP) is 0.943. The summed E-state index contributed by atoms with van der Waals surface area (Å²) in [5, 5.41) is 0. The third-order valence-corrected chi connectivity index (χ3v) is 4.30. The van der Waals surface area contributed by atoms with E-state index in [-0.39, 0.29) is 0 Å². The van der Waals surface area contributed by atoms with Crippen LogP contribution < -0.4 is 9.80 Å². The number of rotatable bonds is 4. The standard InChI is InChI=1S/C17H25N7/c1-22(2)16-10-15(20-13-21-16)9-14-11-23(3)7-8-24(12-14)17-18-5-4-6-19-17/h4-6,10,13-14H,7-9,11-12H2,1-3H3/t14-/m0/s1. The fraction of sp³-hybridized carbons (Fsp3) is 0.529. The largest absolute Gasteiger partial charge is 0.363 e. The van der Waals surface area contributed by atoms with E-state index in [1.807, 2.05) is 25.1 Å². The smallest absolute Gasteiger partial charge is 0.225 e. The second-order valence-electron chi connectivity index (χ2n) is 6.59. The van der Waals surface area contributed by atoms with E-state index in [0.717, 1.165) is 50.1 Å². The van der Waals surface area contributed by atoms with E-state index < -0.39 is 0 Å². The van der Waals surface area contributed by atoms with Gasteiger partial charge in [0.2, 0.25) is 5.95 Å². The lowest BCUT2D eigenvalue weighted by Crippen LogP contribution is -2.32. The van der Waals surface area contributed by atoms with Crippen LogP contribution in [0.4, 0.5) is 11.8 Å². The van der Waals surface area contributed by atoms with Gasteiger partial charge in [0.25, 0.3) is 0 Å². The van der Waals surface area contributed by atoms with Gasteiger partial charge in [-0.25, -0.2) is 19.9 Å². The van der Waals surface area contributed by atoms with Gasteiger partial charge in [0, 0.05) is 64.4 Å². The van der Waals surface area contributed by atoms with Crippen molar-refractivity contribution in [1.29, 1.82) is 0 Å². The molecule has 0 aliphatic carbocycles. The van der Waals surface area contributed by atoms with Crippen molar-refractivity contribution in [3.63, 3.8) is 0 Å². The number of hydrogen-bond acceptors (Lipinski definition) is 7. The summed E-state index contributed by atoms with van der Waals surface area (Å²) in [4.78, 5) is 24.3. The summed E-state index contributed by atoms with van der Waals surface area (Å²) in [6, 6.07) is 3.93. The molecule has 0 saturated carbocycles. The maximum absolute atomic E-state index is 4.46. The average Bonchev–Trinajstić information content (AvgIpc) is 2.77. The minimum Gasteiger partial charge on any atom is -0.363 e. The maximum atomic E-state index is 4.46. The Hall–Kier alpha value is -2.28. The molecule has 1 fully saturated rings. The first-order chi connectivity index (χ1) is 11.6. The lowest BCUT2D eigenvalue weighted by atomic mass is 10.0. The monoisotopic (exact) mass is 327 g/mol. The molecule has 3 heterocycles. The average molecular weight is 327 g/mol. The molecule has 7 heteroatoms. The zero-order valence-corrected chi connectivity index (χ0v) is 14.6. The number of hydrogen-bond donors (Lipinski definition) is 0. The van der Waals surface area contributed by atoms with E-state index in [1.165, 1.54) is 0 Å². The molecule has 0 unspecified atom stereocenters. The molecule has 2 aromatic rings. The van der Waals surface area contributed by atoms with Crippen molar-refractivity contribution in [1.82, 2.24) is 24.8 Å². The first-order valence-electron chi connectivity index (χ1n) is 8.30. The van der Waals surface area contributed by atoms with Crippen LogP contribution in [0.25, 0.3) is 0 Å². The Bertz CT molecular complexity index is 646. The van der Waals surface area contributed by atoms with Gasteiger partial charge in [-0.2, -0.15) is 0 Å². The van der Waals surface area contributed by atoms with Crippen LogP contribution in [0.5, 0.6) is 0 Å². The van der Waals surface area contributed by atoms with Crippen molar-refractivity contribution in [2.24, 2.45) is 5.92 Å². The van der Waals surface area contributed by atoms with Gasteiger partial charge in [0.15, 0.2) is 0 Å². The highest BCUT2D eigenvalue weighted by Crippen LogP contribution is 2.18. The van der Waals surface area contributed by atoms with Crippen LogP contribution >= 0.6 is 0 Å². The van der Waals surface area contributed by atoms with Crippen LogP contribution in [0.15, 0.2) is 30.9 Å². The Morgan fingerprint density at radius 1 is 1.08 bits per heavy atom. The molecule has 24 heavy (non-hydrogen) atoms. The molecule has 0 bridgehead atoms. The van der Waals surface area contributed by atoms with Gasteiger partial charge in [-0.1, -0.05) is 0 Å². The zero-order valence-electron chi connectivity index (χ0n) is 14.6. The highest BCUT2D eigenvalue weighted by atomic mass is 15.3. The van der Waals surface area contributed by atoms with E-state index in [1.54, 1.807) is 18.7 Å². The summed E-state index contributed by atoms with van der Waals surface area (Å²) in [6.07, 6.45) is 6.19. The van der Waals surface area contributed by atoms with Crippen LogP contribution in [0.1, 0.15) is 5.69 Å². The summed E-state index contributed by atoms with van der Waals surface area (Å²) in [5.41, 5.74) is 1.09. The molecule has 0 N–H and O–H groups in total. The lowest BCUT2D eigenvalue weighted by Gasteiger charge is -2.24. The number of anilines is 2. The molecule has 0 radical (unpaired) electrons. The van der Waals surface area contributed by atoms with Gasteiger partial charge in [-0.15, -0.1) is 0 Å². The van der Waals surface area contributed by atoms with Crippen LogP contribution in [-0.4, -0.2) is 72.2 Å². The van der Waals surface area contributed by atoms with Gasteiger partial charge >= 0.3 is 0 Å². The summed E-state index contributed by atoms with van der Waals surface area (Å²) >= 11 is 0. The fourth-order valence-corrected chi connectivity index (χ4v) is 3.09. The normalized spacial score (nSPS) is 19.1. The van der Waals surface area contributed by atoms with Crippen molar-refractivity contribution in [2.75, 3.05) is 57.1 Å². The second-order valence-corrected chi connectivity index (χ2v) is 6.59. The number of nitrogens with zero attached hydrogens (tertiary/aromatic N) is 7. The Kier molecular flexibility index (Phi) is 5.20. The van der Waals surface area contributed by atoms with Crippen LogP contribution in [0.3, 0.4) is 0 Å². The SMILES string of the molecule is CN1CCN(c2ncccn2)C[C@@H](Cc2cc(N(C)C)ncn2)C1. The topological polar surface area (TPSA) is 61.3 Å². The highest BCUT2D eigenvalue weighted by molar-refractivity contribution is 5.37. The molecule has 0 spiro atoms. The predicted molar refractivity (Wildman–Crippen MR) is 95.3 cm³/mol. The Labute approximate surface area is 143 Å². The van der Waals surface area contributed by atoms with E-state index in [9.17, 15) is 0 Å². The molecule has 1 saturated heterocycles. The van der Waals surface area contributed by atoms with Crippen molar-refractivity contribution in [3.8, 4) is 0 Å². The van der Waals surface area contributed by atoms with Crippen molar-refractivity contribution < 1.29 is 0 Å². The van der Waals surface area contributed by atoms with E-state index in [0.29, 0.717) is 5.92 Å². The molecule has 1 aliphatic rings. The Morgan fingerprint density at radius 2 is 1.88 bits per heavy atom. The van der Waals surface area contributed by atoms with Crippen molar-refractivity contribution in [3.05, 3.63) is 36.5 Å². The van der Waals surface area contributed by atoms with Gasteiger partial charge in [0.05, 0.1) is 0 Å². The van der Waals surface area contributed by atoms with E-state index in [2.05, 4.69) is 42.8 Å².